The molecule has 0 aliphatic heterocycles. The minimum atomic E-state index is -0.666. The van der Waals surface area contributed by atoms with E-state index in [-0.39, 0.29) is 17.7 Å². The Morgan fingerprint density at radius 2 is 1.85 bits per heavy atom. The molecule has 3 aromatic rings. The molecule has 3 rings (SSSR count). The van der Waals surface area contributed by atoms with Gasteiger partial charge in [0.25, 0.3) is 0 Å². The SMILES string of the molecule is CCC(=O)N[C@@H](CC(C)C)C(=O)Nc1cc(N(C)c2cc(=O)oc3ccccc23)ccc1OC. The average Bonchev–Trinajstić information content (AvgIpc) is 2.82. The average molecular weight is 466 g/mol. The Morgan fingerprint density at radius 3 is 2.53 bits per heavy atom. The number of nitrogens with zero attached hydrogens (tertiary/aromatic N) is 1. The molecular formula is C26H31N3O5. The van der Waals surface area contributed by atoms with E-state index in [0.717, 1.165) is 11.1 Å². The Bertz CT molecular complexity index is 1230. The molecule has 0 saturated carbocycles. The van der Waals surface area contributed by atoms with Crippen molar-refractivity contribution in [3.63, 3.8) is 0 Å². The number of rotatable bonds is 9. The van der Waals surface area contributed by atoms with Gasteiger partial charge in [0.2, 0.25) is 11.8 Å². The lowest BCUT2D eigenvalue weighted by Crippen LogP contribution is -2.44. The summed E-state index contributed by atoms with van der Waals surface area (Å²) in [4.78, 5) is 39.0. The Labute approximate surface area is 198 Å². The molecule has 180 valence electrons. The van der Waals surface area contributed by atoms with Crippen LogP contribution in [0, 0.1) is 5.92 Å². The molecule has 0 spiro atoms. The Kier molecular flexibility index (Phi) is 7.94. The molecule has 0 aliphatic rings. The van der Waals surface area contributed by atoms with Gasteiger partial charge in [0, 0.05) is 30.6 Å². The van der Waals surface area contributed by atoms with Gasteiger partial charge in [0.05, 0.1) is 18.5 Å². The van der Waals surface area contributed by atoms with Crippen molar-refractivity contribution in [2.45, 2.75) is 39.7 Å². The maximum atomic E-state index is 13.1. The predicted molar refractivity (Wildman–Crippen MR) is 134 cm³/mol. The van der Waals surface area contributed by atoms with Crippen LogP contribution >= 0.6 is 0 Å². The van der Waals surface area contributed by atoms with E-state index in [1.807, 2.05) is 44.0 Å². The first-order valence-electron chi connectivity index (χ1n) is 11.3. The molecular weight excluding hydrogens is 434 g/mol. The molecule has 1 atom stereocenters. The Balaban J connectivity index is 1.95. The number of hydrogen-bond donors (Lipinski definition) is 2. The summed E-state index contributed by atoms with van der Waals surface area (Å²) in [7, 11) is 3.35. The van der Waals surface area contributed by atoms with Gasteiger partial charge in [-0.05, 0) is 42.7 Å². The first-order chi connectivity index (χ1) is 16.2. The number of carbonyl (C=O) groups is 2. The molecule has 2 N–H and O–H groups in total. The van der Waals surface area contributed by atoms with Crippen LogP contribution in [0.1, 0.15) is 33.6 Å². The summed E-state index contributed by atoms with van der Waals surface area (Å²) in [6.07, 6.45) is 0.801. The van der Waals surface area contributed by atoms with Gasteiger partial charge in [0.15, 0.2) is 0 Å². The fourth-order valence-corrected chi connectivity index (χ4v) is 3.73. The van der Waals surface area contributed by atoms with E-state index in [9.17, 15) is 14.4 Å². The van der Waals surface area contributed by atoms with Crippen molar-refractivity contribution in [3.05, 3.63) is 59.0 Å². The van der Waals surface area contributed by atoms with Crippen LogP contribution in [0.15, 0.2) is 57.7 Å². The van der Waals surface area contributed by atoms with Gasteiger partial charge in [-0.1, -0.05) is 32.9 Å². The summed E-state index contributed by atoms with van der Waals surface area (Å²) in [6, 6.07) is 13.4. The summed E-state index contributed by atoms with van der Waals surface area (Å²) < 4.78 is 10.8. The highest BCUT2D eigenvalue weighted by atomic mass is 16.5. The summed E-state index contributed by atoms with van der Waals surface area (Å²) in [6.45, 7) is 5.74. The van der Waals surface area contributed by atoms with Crippen LogP contribution in [-0.2, 0) is 9.59 Å². The van der Waals surface area contributed by atoms with Gasteiger partial charge in [-0.15, -0.1) is 0 Å². The normalized spacial score (nSPS) is 11.8. The third kappa shape index (κ3) is 5.75. The highest BCUT2D eigenvalue weighted by Gasteiger charge is 2.23. The zero-order valence-electron chi connectivity index (χ0n) is 20.2. The Hall–Kier alpha value is -3.81. The molecule has 0 saturated heterocycles. The standard InChI is InChI=1S/C26H31N3O5/c1-6-24(30)27-20(13-16(2)3)26(32)28-19-14-17(11-12-23(19)33-5)29(4)21-15-25(31)34-22-10-8-7-9-18(21)22/h7-12,14-16,20H,6,13H2,1-5H3,(H,27,30)(H,28,32)/t20-/m0/s1. The van der Waals surface area contributed by atoms with E-state index >= 15 is 0 Å². The number of benzene rings is 2. The second kappa shape index (κ2) is 10.9. The number of para-hydroxylation sites is 1. The molecule has 34 heavy (non-hydrogen) atoms. The molecule has 0 fully saturated rings. The van der Waals surface area contributed by atoms with Crippen LogP contribution in [0.4, 0.5) is 17.1 Å². The number of fused-ring (bicyclic) bond motifs is 1. The summed E-state index contributed by atoms with van der Waals surface area (Å²) in [5.41, 5.74) is 1.89. The van der Waals surface area contributed by atoms with Crippen molar-refractivity contribution >= 4 is 39.8 Å². The van der Waals surface area contributed by atoms with Crippen LogP contribution in [0.2, 0.25) is 0 Å². The molecule has 1 heterocycles. The number of carbonyl (C=O) groups excluding carboxylic acids is 2. The molecule has 0 unspecified atom stereocenters. The largest absolute Gasteiger partial charge is 0.495 e. The molecule has 0 radical (unpaired) electrons. The second-order valence-electron chi connectivity index (χ2n) is 8.48. The van der Waals surface area contributed by atoms with Crippen molar-refractivity contribution in [3.8, 4) is 5.75 Å². The lowest BCUT2D eigenvalue weighted by molar-refractivity contribution is -0.126. The first kappa shape index (κ1) is 24.8. The molecule has 2 amide bonds. The molecule has 0 aliphatic carbocycles. The Morgan fingerprint density at radius 1 is 1.12 bits per heavy atom. The van der Waals surface area contributed by atoms with Crippen LogP contribution in [0.3, 0.4) is 0 Å². The second-order valence-corrected chi connectivity index (χ2v) is 8.48. The maximum Gasteiger partial charge on any atom is 0.338 e. The maximum absolute atomic E-state index is 13.1. The van der Waals surface area contributed by atoms with Gasteiger partial charge in [-0.3, -0.25) is 9.59 Å². The zero-order valence-corrected chi connectivity index (χ0v) is 20.2. The van der Waals surface area contributed by atoms with Crippen LogP contribution < -0.4 is 25.9 Å². The van der Waals surface area contributed by atoms with Crippen molar-refractivity contribution < 1.29 is 18.7 Å². The van der Waals surface area contributed by atoms with Gasteiger partial charge < -0.3 is 24.7 Å². The summed E-state index contributed by atoms with van der Waals surface area (Å²) >= 11 is 0. The predicted octanol–water partition coefficient (Wildman–Crippen LogP) is 4.45. The van der Waals surface area contributed by atoms with E-state index in [0.29, 0.717) is 35.5 Å². The van der Waals surface area contributed by atoms with E-state index in [4.69, 9.17) is 9.15 Å². The topological polar surface area (TPSA) is 101 Å². The number of methoxy groups -OCH3 is 1. The summed E-state index contributed by atoms with van der Waals surface area (Å²) in [5.74, 6) is 0.189. The van der Waals surface area contributed by atoms with Crippen molar-refractivity contribution in [1.29, 1.82) is 0 Å². The molecule has 2 aromatic carbocycles. The number of nitrogens with one attached hydrogen (secondary N) is 2. The van der Waals surface area contributed by atoms with E-state index in [1.165, 1.54) is 13.2 Å². The first-order valence-corrected chi connectivity index (χ1v) is 11.3. The number of ether oxygens (including phenoxy) is 1. The number of amides is 2. The van der Waals surface area contributed by atoms with Gasteiger partial charge in [-0.2, -0.15) is 0 Å². The number of hydrogen-bond acceptors (Lipinski definition) is 6. The minimum absolute atomic E-state index is 0.184. The third-order valence-electron chi connectivity index (χ3n) is 5.50. The highest BCUT2D eigenvalue weighted by molar-refractivity contribution is 5.99. The van der Waals surface area contributed by atoms with Crippen molar-refractivity contribution in [2.24, 2.45) is 5.92 Å². The monoisotopic (exact) mass is 465 g/mol. The van der Waals surface area contributed by atoms with Crippen LogP contribution in [-0.4, -0.2) is 32.0 Å². The van der Waals surface area contributed by atoms with E-state index in [1.54, 1.807) is 31.2 Å². The molecule has 8 nitrogen and oxygen atoms in total. The van der Waals surface area contributed by atoms with Crippen molar-refractivity contribution in [1.82, 2.24) is 5.32 Å². The van der Waals surface area contributed by atoms with Gasteiger partial charge in [0.1, 0.15) is 17.4 Å². The van der Waals surface area contributed by atoms with E-state index < -0.39 is 11.7 Å². The molecule has 1 aromatic heterocycles. The van der Waals surface area contributed by atoms with E-state index in [2.05, 4.69) is 10.6 Å². The lowest BCUT2D eigenvalue weighted by Gasteiger charge is -2.24. The zero-order chi connectivity index (χ0) is 24.8. The van der Waals surface area contributed by atoms with Gasteiger partial charge in [-0.25, -0.2) is 4.79 Å². The number of anilines is 3. The molecule has 8 heteroatoms. The third-order valence-corrected chi connectivity index (χ3v) is 5.50. The molecule has 0 bridgehead atoms. The quantitative estimate of drug-likeness (QED) is 0.453. The highest BCUT2D eigenvalue weighted by Crippen LogP contribution is 2.34. The van der Waals surface area contributed by atoms with Crippen LogP contribution in [0.25, 0.3) is 11.0 Å². The summed E-state index contributed by atoms with van der Waals surface area (Å²) in [5, 5.41) is 6.49. The fraction of sp³-hybridized carbons (Fsp3) is 0.346. The lowest BCUT2D eigenvalue weighted by atomic mass is 10.0. The van der Waals surface area contributed by atoms with Crippen LogP contribution in [0.5, 0.6) is 5.75 Å². The fourth-order valence-electron chi connectivity index (χ4n) is 3.73. The van der Waals surface area contributed by atoms with Crippen molar-refractivity contribution in [2.75, 3.05) is 24.4 Å². The minimum Gasteiger partial charge on any atom is -0.495 e. The smallest absolute Gasteiger partial charge is 0.338 e. The van der Waals surface area contributed by atoms with Gasteiger partial charge >= 0.3 is 5.63 Å².